The van der Waals surface area contributed by atoms with Gasteiger partial charge in [-0.25, -0.2) is 0 Å². The van der Waals surface area contributed by atoms with Crippen LogP contribution < -0.4 is 0 Å². The van der Waals surface area contributed by atoms with Crippen molar-refractivity contribution in [2.24, 2.45) is 0 Å². The molecule has 6 heteroatoms. The Kier molecular flexibility index (Phi) is 28.6. The molecule has 37 valence electrons. The van der Waals surface area contributed by atoms with Gasteiger partial charge in [0.15, 0.2) is 0 Å². The summed E-state index contributed by atoms with van der Waals surface area (Å²) in [6, 6.07) is 0. The maximum Gasteiger partial charge on any atom is 0.316 e. The molecule has 0 bridgehead atoms. The Bertz CT molecular complexity index is 15.5. The Morgan fingerprint density at radius 1 is 1.00 bits per heavy atom. The monoisotopic (exact) mass is 235 g/mol. The van der Waals surface area contributed by atoms with Gasteiger partial charge in [0.25, 0.3) is 0 Å². The first-order chi connectivity index (χ1) is 1.73. The van der Waals surface area contributed by atoms with Crippen molar-refractivity contribution in [1.82, 2.24) is 0 Å². The van der Waals surface area contributed by atoms with Gasteiger partial charge < -0.3 is 0 Å². The van der Waals surface area contributed by atoms with Gasteiger partial charge in [0.2, 0.25) is 0 Å². The third-order valence-electron chi connectivity index (χ3n) is 0. The zero-order chi connectivity index (χ0) is 3.58. The summed E-state index contributed by atoms with van der Waals surface area (Å²) in [6.45, 7) is 0. The fourth-order valence-corrected chi connectivity index (χ4v) is 0. The third-order valence-corrected chi connectivity index (χ3v) is 0. The molecule has 0 fully saturated rings. The molecule has 0 saturated carbocycles. The molecule has 0 aromatic carbocycles. The smallest absolute Gasteiger partial charge is 0 e. The van der Waals surface area contributed by atoms with E-state index in [0.29, 0.717) is 0 Å². The summed E-state index contributed by atoms with van der Waals surface area (Å²) in [6.07, 6.45) is 0. The Hall–Kier alpha value is 2.87. The fourth-order valence-electron chi connectivity index (χ4n) is 0. The quantitative estimate of drug-likeness (QED) is 0.554. The first-order valence-corrected chi connectivity index (χ1v) is 4.96. The van der Waals surface area contributed by atoms with E-state index in [9.17, 15) is 0 Å². The van der Waals surface area contributed by atoms with Crippen molar-refractivity contribution in [3.8, 4) is 0 Å². The Morgan fingerprint density at radius 3 is 1.00 bits per heavy atom. The van der Waals surface area contributed by atoms with Crippen LogP contribution in [0.1, 0.15) is 0 Å². The van der Waals surface area contributed by atoms with Crippen LogP contribution in [0.25, 0.3) is 0 Å². The van der Waals surface area contributed by atoms with Crippen molar-refractivity contribution in [2.45, 2.75) is 0 Å². The van der Waals surface area contributed by atoms with Crippen LogP contribution in [0.3, 0.4) is 0 Å². The van der Waals surface area contributed by atoms with Gasteiger partial charge in [-0.05, 0) is 0 Å². The minimum absolute atomic E-state index is 0. The van der Waals surface area contributed by atoms with Gasteiger partial charge in [-0.2, -0.15) is 0 Å². The van der Waals surface area contributed by atoms with Crippen molar-refractivity contribution >= 4 is 53.3 Å². The topological polar surface area (TPSA) is 0 Å². The van der Waals surface area contributed by atoms with Crippen LogP contribution in [0.2, 0.25) is 0 Å². The predicted molar refractivity (Wildman–Crippen MR) is 26.1 cm³/mol. The first kappa shape index (κ1) is 15.9. The van der Waals surface area contributed by atoms with E-state index in [2.05, 4.69) is 0 Å². The summed E-state index contributed by atoms with van der Waals surface area (Å²) in [7, 11) is 14.7. The van der Waals surface area contributed by atoms with E-state index in [0.717, 1.165) is 0 Å². The number of hydrogen-bond donors (Lipinski definition) is 0. The average molecular weight is 236 g/mol. The molecule has 0 unspecified atom stereocenters. The molecule has 0 aliphatic rings. The molecule has 0 radical (unpaired) electrons. The van der Waals surface area contributed by atoms with E-state index >= 15 is 0 Å². The maximum atomic E-state index is 4.89. The average Bonchev–Trinajstić information content (AvgIpc) is 0.811. The zero-order valence-electron chi connectivity index (χ0n) is 1.99. The SMILES string of the molecule is [Cl][Fe]([Cl])[Cl].[MgH2].[Ti]. The van der Waals surface area contributed by atoms with Crippen molar-refractivity contribution in [3.05, 3.63) is 0 Å². The van der Waals surface area contributed by atoms with Gasteiger partial charge >= 0.3 is 64.5 Å². The molecular formula is H2Cl3FeMgTi. The molecule has 0 atom stereocenters. The van der Waals surface area contributed by atoms with Crippen LogP contribution in [0.5, 0.6) is 0 Å². The molecule has 6 heavy (non-hydrogen) atoms. The maximum absolute atomic E-state index is 4.89. The van der Waals surface area contributed by atoms with Crippen LogP contribution in [-0.4, -0.2) is 23.1 Å². The molecule has 0 rings (SSSR count). The van der Waals surface area contributed by atoms with Gasteiger partial charge in [0.05, 0.1) is 0 Å². The fraction of sp³-hybridized carbons (Fsp3) is 0. The second-order valence-corrected chi connectivity index (χ2v) is 5.62. The number of hydrogen-bond acceptors (Lipinski definition) is 0. The molecule has 0 N–H and O–H groups in total. The molecule has 0 aromatic rings. The van der Waals surface area contributed by atoms with Crippen LogP contribution in [0.4, 0.5) is 0 Å². The first-order valence-electron chi connectivity index (χ1n) is 0.401. The van der Waals surface area contributed by atoms with E-state index in [4.69, 9.17) is 30.3 Å². The molecule has 0 spiro atoms. The second-order valence-electron chi connectivity index (χ2n) is 0.152. The Labute approximate surface area is 84.9 Å². The van der Waals surface area contributed by atoms with Crippen molar-refractivity contribution in [1.29, 1.82) is 0 Å². The van der Waals surface area contributed by atoms with Gasteiger partial charge in [-0.1, -0.05) is 0 Å². The number of rotatable bonds is 0. The van der Waals surface area contributed by atoms with Gasteiger partial charge in [-0.3, -0.25) is 0 Å². The summed E-state index contributed by atoms with van der Waals surface area (Å²) in [5.74, 6) is 0. The molecular weight excluding hydrogens is 234 g/mol. The Balaban J connectivity index is -0.0000000450. The van der Waals surface area contributed by atoms with E-state index in [-0.39, 0.29) is 44.8 Å². The minimum Gasteiger partial charge on any atom is 0 e. The molecule has 0 aliphatic carbocycles. The van der Waals surface area contributed by atoms with E-state index < -0.39 is 11.2 Å². The van der Waals surface area contributed by atoms with E-state index in [1.165, 1.54) is 0 Å². The molecule has 0 amide bonds. The largest absolute Gasteiger partial charge is 0.316 e. The van der Waals surface area contributed by atoms with Crippen LogP contribution >= 0.6 is 30.3 Å². The third kappa shape index (κ3) is 28.7. The summed E-state index contributed by atoms with van der Waals surface area (Å²) in [5, 5.41) is 0. The van der Waals surface area contributed by atoms with Crippen molar-refractivity contribution < 1.29 is 32.9 Å². The van der Waals surface area contributed by atoms with Gasteiger partial charge in [-0.15, -0.1) is 0 Å². The molecule has 0 aliphatic heterocycles. The minimum atomic E-state index is -1.33. The van der Waals surface area contributed by atoms with Crippen molar-refractivity contribution in [3.63, 3.8) is 0 Å². The summed E-state index contributed by atoms with van der Waals surface area (Å²) < 4.78 is 0. The zero-order valence-corrected chi connectivity index (χ0v) is 6.92. The summed E-state index contributed by atoms with van der Waals surface area (Å²) in [5.41, 5.74) is 0. The van der Waals surface area contributed by atoms with Crippen molar-refractivity contribution in [2.75, 3.05) is 0 Å². The molecule has 0 heterocycles. The standard InChI is InChI=1S/3ClH.Fe.Mg.Ti.2H/h3*1H;;;;;/q;;;+3;;;;/p-3. The van der Waals surface area contributed by atoms with E-state index in [1.807, 2.05) is 0 Å². The Morgan fingerprint density at radius 2 is 1.00 bits per heavy atom. The number of halogens is 3. The van der Waals surface area contributed by atoms with Gasteiger partial charge in [0, 0.05) is 21.7 Å². The predicted octanol–water partition coefficient (Wildman–Crippen LogP) is 1.15. The normalized spacial score (nSPS) is 7.50. The van der Waals surface area contributed by atoms with Gasteiger partial charge in [0.1, 0.15) is 0 Å². The summed E-state index contributed by atoms with van der Waals surface area (Å²) >= 11 is -1.33. The van der Waals surface area contributed by atoms with Crippen LogP contribution in [0, 0.1) is 0 Å². The van der Waals surface area contributed by atoms with E-state index in [1.54, 1.807) is 0 Å². The summed E-state index contributed by atoms with van der Waals surface area (Å²) in [4.78, 5) is 0. The van der Waals surface area contributed by atoms with Crippen LogP contribution in [-0.2, 0) is 32.9 Å². The second kappa shape index (κ2) is 10.8. The molecule has 0 saturated heterocycles. The van der Waals surface area contributed by atoms with Crippen LogP contribution in [0.15, 0.2) is 0 Å². The molecule has 0 nitrogen and oxygen atoms in total. The molecule has 0 aromatic heterocycles.